The maximum absolute atomic E-state index is 12.7. The highest BCUT2D eigenvalue weighted by molar-refractivity contribution is 5.78. The molecule has 1 heterocycles. The third kappa shape index (κ3) is 3.52. The van der Waals surface area contributed by atoms with Crippen molar-refractivity contribution in [3.05, 3.63) is 34.6 Å². The summed E-state index contributed by atoms with van der Waals surface area (Å²) < 4.78 is 1.65. The van der Waals surface area contributed by atoms with Crippen LogP contribution in [-0.2, 0) is 11.3 Å². The Kier molecular flexibility index (Phi) is 5.36. The fourth-order valence-corrected chi connectivity index (χ4v) is 2.63. The fraction of sp³-hybridized carbons (Fsp3) is 0.471. The number of hydrogen-bond acceptors (Lipinski definition) is 4. The minimum absolute atomic E-state index is 0.0641. The first kappa shape index (κ1) is 17.0. The predicted octanol–water partition coefficient (Wildman–Crippen LogP) is 1.72. The van der Waals surface area contributed by atoms with Crippen molar-refractivity contribution in [1.82, 2.24) is 14.5 Å². The topological polar surface area (TPSA) is 58.4 Å². The van der Waals surface area contributed by atoms with Gasteiger partial charge in [0, 0.05) is 40.2 Å². The minimum atomic E-state index is -0.166. The van der Waals surface area contributed by atoms with E-state index in [-0.39, 0.29) is 11.5 Å². The van der Waals surface area contributed by atoms with E-state index >= 15 is 0 Å². The molecule has 1 aromatic heterocycles. The Balaban J connectivity index is 2.41. The van der Waals surface area contributed by atoms with Crippen LogP contribution in [0, 0.1) is 0 Å². The Bertz CT molecular complexity index is 748. The predicted molar refractivity (Wildman–Crippen MR) is 92.9 cm³/mol. The number of hydrogen-bond donors (Lipinski definition) is 0. The van der Waals surface area contributed by atoms with Crippen LogP contribution in [0.3, 0.4) is 0 Å². The monoisotopic (exact) mass is 316 g/mol. The molecule has 0 bridgehead atoms. The van der Waals surface area contributed by atoms with Gasteiger partial charge < -0.3 is 14.4 Å². The average Bonchev–Trinajstić information content (AvgIpc) is 2.54. The first-order valence-corrected chi connectivity index (χ1v) is 7.94. The maximum Gasteiger partial charge on any atom is 0.293 e. The highest BCUT2D eigenvalue weighted by Gasteiger charge is 2.15. The van der Waals surface area contributed by atoms with E-state index in [4.69, 9.17) is 0 Å². The van der Waals surface area contributed by atoms with Gasteiger partial charge in [-0.1, -0.05) is 12.1 Å². The molecule has 2 rings (SSSR count). The zero-order valence-electron chi connectivity index (χ0n) is 14.2. The van der Waals surface area contributed by atoms with Crippen LogP contribution in [0.2, 0.25) is 0 Å². The molecule has 0 saturated carbocycles. The fourth-order valence-electron chi connectivity index (χ4n) is 2.63. The van der Waals surface area contributed by atoms with Crippen LogP contribution in [-0.4, -0.2) is 47.5 Å². The normalized spacial score (nSPS) is 10.8. The molecule has 0 saturated heterocycles. The molecule has 23 heavy (non-hydrogen) atoms. The van der Waals surface area contributed by atoms with Crippen LogP contribution in [0.5, 0.6) is 0 Å². The first-order valence-electron chi connectivity index (χ1n) is 7.94. The molecule has 0 unspecified atom stereocenters. The number of aryl methyl sites for hydroxylation is 1. The molecule has 124 valence electrons. The Morgan fingerprint density at radius 2 is 1.83 bits per heavy atom. The highest BCUT2D eigenvalue weighted by atomic mass is 16.2. The molecule has 1 aromatic carbocycles. The summed E-state index contributed by atoms with van der Waals surface area (Å²) in [6.45, 7) is 5.64. The number of aromatic nitrogens is 2. The largest absolute Gasteiger partial charge is 0.358 e. The van der Waals surface area contributed by atoms with Crippen LogP contribution in [0.1, 0.15) is 20.3 Å². The van der Waals surface area contributed by atoms with E-state index in [1.807, 2.05) is 38.1 Å². The Morgan fingerprint density at radius 3 is 2.43 bits per heavy atom. The SMILES string of the molecule is CCN(CC)C(=O)CCn1c(=O)c(N(C)C)nc2ccccc21. The number of carbonyl (C=O) groups excluding carboxylic acids is 1. The van der Waals surface area contributed by atoms with Gasteiger partial charge in [0.05, 0.1) is 11.0 Å². The minimum Gasteiger partial charge on any atom is -0.358 e. The molecule has 0 aliphatic rings. The number of rotatable bonds is 6. The van der Waals surface area contributed by atoms with Crippen molar-refractivity contribution in [3.63, 3.8) is 0 Å². The summed E-state index contributed by atoms with van der Waals surface area (Å²) in [6.07, 6.45) is 0.308. The highest BCUT2D eigenvalue weighted by Crippen LogP contribution is 2.13. The Morgan fingerprint density at radius 1 is 1.17 bits per heavy atom. The molecule has 0 aliphatic carbocycles. The van der Waals surface area contributed by atoms with Gasteiger partial charge in [-0.15, -0.1) is 0 Å². The van der Waals surface area contributed by atoms with Gasteiger partial charge in [0.2, 0.25) is 5.91 Å². The van der Waals surface area contributed by atoms with E-state index in [0.717, 1.165) is 11.0 Å². The number of nitrogens with zero attached hydrogens (tertiary/aromatic N) is 4. The summed E-state index contributed by atoms with van der Waals surface area (Å²) in [6, 6.07) is 7.52. The van der Waals surface area contributed by atoms with E-state index in [2.05, 4.69) is 4.98 Å². The van der Waals surface area contributed by atoms with Gasteiger partial charge in [0.15, 0.2) is 5.82 Å². The summed E-state index contributed by atoms with van der Waals surface area (Å²) in [5.41, 5.74) is 1.35. The van der Waals surface area contributed by atoms with Crippen molar-refractivity contribution < 1.29 is 4.79 Å². The molecule has 0 atom stereocenters. The van der Waals surface area contributed by atoms with Gasteiger partial charge >= 0.3 is 0 Å². The second-order valence-corrected chi connectivity index (χ2v) is 5.59. The van der Waals surface area contributed by atoms with Gasteiger partial charge in [0.25, 0.3) is 5.56 Å². The molecule has 0 radical (unpaired) electrons. The van der Waals surface area contributed by atoms with Crippen LogP contribution >= 0.6 is 0 Å². The van der Waals surface area contributed by atoms with Gasteiger partial charge in [-0.2, -0.15) is 0 Å². The Labute approximate surface area is 136 Å². The molecule has 0 N–H and O–H groups in total. The van der Waals surface area contributed by atoms with Crippen LogP contribution in [0.4, 0.5) is 5.82 Å². The van der Waals surface area contributed by atoms with E-state index in [0.29, 0.717) is 31.9 Å². The number of carbonyl (C=O) groups is 1. The summed E-state index contributed by atoms with van der Waals surface area (Å²) in [5.74, 6) is 0.452. The molecular weight excluding hydrogens is 292 g/mol. The van der Waals surface area contributed by atoms with Crippen LogP contribution in [0.25, 0.3) is 11.0 Å². The van der Waals surface area contributed by atoms with Crippen LogP contribution in [0.15, 0.2) is 29.1 Å². The molecule has 2 aromatic rings. The lowest BCUT2D eigenvalue weighted by atomic mass is 10.2. The molecule has 1 amide bonds. The van der Waals surface area contributed by atoms with Crippen molar-refractivity contribution in [2.45, 2.75) is 26.8 Å². The number of benzene rings is 1. The van der Waals surface area contributed by atoms with Gasteiger partial charge in [0.1, 0.15) is 0 Å². The summed E-state index contributed by atoms with van der Waals surface area (Å²) in [4.78, 5) is 32.8. The van der Waals surface area contributed by atoms with E-state index in [9.17, 15) is 9.59 Å². The van der Waals surface area contributed by atoms with Gasteiger partial charge in [-0.25, -0.2) is 4.98 Å². The van der Waals surface area contributed by atoms with Crippen molar-refractivity contribution in [1.29, 1.82) is 0 Å². The molecule has 0 aliphatic heterocycles. The lowest BCUT2D eigenvalue weighted by molar-refractivity contribution is -0.131. The zero-order chi connectivity index (χ0) is 17.0. The first-order chi connectivity index (χ1) is 11.0. The number of para-hydroxylation sites is 2. The summed E-state index contributed by atoms with van der Waals surface area (Å²) in [5, 5.41) is 0. The molecular formula is C17H24N4O2. The van der Waals surface area contributed by atoms with Crippen molar-refractivity contribution >= 4 is 22.8 Å². The summed E-state index contributed by atoms with van der Waals surface area (Å²) >= 11 is 0. The lowest BCUT2D eigenvalue weighted by Crippen LogP contribution is -2.33. The van der Waals surface area contributed by atoms with E-state index in [1.165, 1.54) is 0 Å². The van der Waals surface area contributed by atoms with E-state index in [1.54, 1.807) is 28.5 Å². The van der Waals surface area contributed by atoms with Crippen molar-refractivity contribution in [2.75, 3.05) is 32.1 Å². The molecule has 0 spiro atoms. The van der Waals surface area contributed by atoms with Crippen molar-refractivity contribution in [3.8, 4) is 0 Å². The molecule has 6 nitrogen and oxygen atoms in total. The van der Waals surface area contributed by atoms with Crippen molar-refractivity contribution in [2.24, 2.45) is 0 Å². The number of fused-ring (bicyclic) bond motifs is 1. The zero-order valence-corrected chi connectivity index (χ0v) is 14.2. The molecule has 0 fully saturated rings. The smallest absolute Gasteiger partial charge is 0.293 e. The number of anilines is 1. The lowest BCUT2D eigenvalue weighted by Gasteiger charge is -2.20. The standard InChI is InChI=1S/C17H24N4O2/c1-5-20(6-2)15(22)11-12-21-14-10-8-7-9-13(14)18-16(17(21)23)19(3)4/h7-10H,5-6,11-12H2,1-4H3. The quantitative estimate of drug-likeness (QED) is 0.814. The second-order valence-electron chi connectivity index (χ2n) is 5.59. The Hall–Kier alpha value is -2.37. The maximum atomic E-state index is 12.7. The number of amides is 1. The van der Waals surface area contributed by atoms with Gasteiger partial charge in [-0.3, -0.25) is 9.59 Å². The summed E-state index contributed by atoms with van der Waals surface area (Å²) in [7, 11) is 3.59. The second kappa shape index (κ2) is 7.26. The third-order valence-corrected chi connectivity index (χ3v) is 3.92. The van der Waals surface area contributed by atoms with Gasteiger partial charge in [-0.05, 0) is 26.0 Å². The van der Waals surface area contributed by atoms with Crippen LogP contribution < -0.4 is 10.5 Å². The van der Waals surface area contributed by atoms with E-state index < -0.39 is 0 Å². The average molecular weight is 316 g/mol. The molecule has 6 heteroatoms. The third-order valence-electron chi connectivity index (χ3n) is 3.92.